The van der Waals surface area contributed by atoms with Crippen LogP contribution in [-0.2, 0) is 6.42 Å². The number of hydrogen-bond acceptors (Lipinski definition) is 1. The summed E-state index contributed by atoms with van der Waals surface area (Å²) in [5.74, 6) is 0.547. The number of hydrogen-bond donors (Lipinski definition) is 1. The summed E-state index contributed by atoms with van der Waals surface area (Å²) >= 11 is 0. The average molecular weight is 207 g/mol. The maximum Gasteiger partial charge on any atom is 0.126 e. The van der Waals surface area contributed by atoms with Gasteiger partial charge in [-0.05, 0) is 49.9 Å². The van der Waals surface area contributed by atoms with Gasteiger partial charge in [-0.15, -0.1) is 0 Å². The lowest BCUT2D eigenvalue weighted by atomic mass is 9.95. The highest BCUT2D eigenvalue weighted by molar-refractivity contribution is 5.17. The maximum atomic E-state index is 13.4. The molecule has 2 rings (SSSR count). The number of rotatable bonds is 2. The number of halogens is 1. The van der Waals surface area contributed by atoms with E-state index < -0.39 is 0 Å². The molecule has 1 nitrogen and oxygen atoms in total. The Morgan fingerprint density at radius 1 is 1.27 bits per heavy atom. The Morgan fingerprint density at radius 2 is 2.13 bits per heavy atom. The van der Waals surface area contributed by atoms with E-state index in [-0.39, 0.29) is 5.82 Å². The normalized spacial score (nSPS) is 22.3. The lowest BCUT2D eigenvalue weighted by Crippen LogP contribution is -2.22. The van der Waals surface area contributed by atoms with Crippen LogP contribution in [0.1, 0.15) is 24.8 Å². The van der Waals surface area contributed by atoms with Crippen molar-refractivity contribution in [1.29, 1.82) is 0 Å². The molecule has 0 unspecified atom stereocenters. The van der Waals surface area contributed by atoms with Crippen LogP contribution in [0.15, 0.2) is 24.3 Å². The molecule has 1 aromatic rings. The highest BCUT2D eigenvalue weighted by Crippen LogP contribution is 2.18. The Hall–Kier alpha value is -0.890. The Bertz CT molecular complexity index is 303. The van der Waals surface area contributed by atoms with Crippen LogP contribution in [0.2, 0.25) is 0 Å². The fourth-order valence-corrected chi connectivity index (χ4v) is 2.24. The molecule has 1 N–H and O–H groups in total. The van der Waals surface area contributed by atoms with Crippen molar-refractivity contribution in [2.45, 2.75) is 25.7 Å². The highest BCUT2D eigenvalue weighted by atomic mass is 19.1. The molecule has 1 aliphatic rings. The second-order valence-corrected chi connectivity index (χ2v) is 4.36. The van der Waals surface area contributed by atoms with Gasteiger partial charge < -0.3 is 5.32 Å². The van der Waals surface area contributed by atoms with E-state index in [9.17, 15) is 4.39 Å². The molecule has 0 saturated carbocycles. The van der Waals surface area contributed by atoms with Gasteiger partial charge in [0.2, 0.25) is 0 Å². The molecule has 1 aliphatic heterocycles. The lowest BCUT2D eigenvalue weighted by Gasteiger charge is -2.14. The van der Waals surface area contributed by atoms with E-state index in [4.69, 9.17) is 0 Å². The van der Waals surface area contributed by atoms with Crippen molar-refractivity contribution >= 4 is 0 Å². The Balaban J connectivity index is 1.98. The van der Waals surface area contributed by atoms with Crippen LogP contribution in [0, 0.1) is 11.7 Å². The average Bonchev–Trinajstić information content (AvgIpc) is 2.50. The zero-order chi connectivity index (χ0) is 10.5. The fourth-order valence-electron chi connectivity index (χ4n) is 2.24. The molecule has 0 amide bonds. The molecule has 0 radical (unpaired) electrons. The smallest absolute Gasteiger partial charge is 0.126 e. The predicted octanol–water partition coefficient (Wildman–Crippen LogP) is 2.76. The third-order valence-electron chi connectivity index (χ3n) is 3.12. The summed E-state index contributed by atoms with van der Waals surface area (Å²) in [7, 11) is 0. The van der Waals surface area contributed by atoms with Gasteiger partial charge in [-0.3, -0.25) is 0 Å². The van der Waals surface area contributed by atoms with Gasteiger partial charge in [0, 0.05) is 0 Å². The van der Waals surface area contributed by atoms with Gasteiger partial charge in [-0.2, -0.15) is 0 Å². The Labute approximate surface area is 90.7 Å². The molecule has 15 heavy (non-hydrogen) atoms. The molecule has 82 valence electrons. The molecule has 2 heteroatoms. The molecule has 0 bridgehead atoms. The third kappa shape index (κ3) is 3.03. The van der Waals surface area contributed by atoms with Crippen molar-refractivity contribution < 1.29 is 4.39 Å². The van der Waals surface area contributed by atoms with Crippen molar-refractivity contribution in [1.82, 2.24) is 5.32 Å². The van der Waals surface area contributed by atoms with Gasteiger partial charge in [-0.1, -0.05) is 24.6 Å². The van der Waals surface area contributed by atoms with Gasteiger partial charge in [0.05, 0.1) is 0 Å². The molecule has 1 saturated heterocycles. The summed E-state index contributed by atoms with van der Waals surface area (Å²) < 4.78 is 13.4. The van der Waals surface area contributed by atoms with Crippen molar-refractivity contribution in [3.8, 4) is 0 Å². The van der Waals surface area contributed by atoms with E-state index in [1.165, 1.54) is 19.3 Å². The minimum absolute atomic E-state index is 0.0539. The summed E-state index contributed by atoms with van der Waals surface area (Å²) in [5.41, 5.74) is 0.867. The second-order valence-electron chi connectivity index (χ2n) is 4.36. The quantitative estimate of drug-likeness (QED) is 0.786. The monoisotopic (exact) mass is 207 g/mol. The van der Waals surface area contributed by atoms with E-state index in [2.05, 4.69) is 5.32 Å². The van der Waals surface area contributed by atoms with E-state index in [1.54, 1.807) is 12.1 Å². The highest BCUT2D eigenvalue weighted by Gasteiger charge is 2.13. The van der Waals surface area contributed by atoms with Crippen LogP contribution in [0.4, 0.5) is 4.39 Å². The molecular weight excluding hydrogens is 189 g/mol. The standard InChI is InChI=1S/C13H18FN/c14-13-7-2-1-6-12(13)9-11-5-3-4-8-15-10-11/h1-2,6-7,11,15H,3-5,8-10H2/t11-/m0/s1. The Morgan fingerprint density at radius 3 is 3.00 bits per heavy atom. The van der Waals surface area contributed by atoms with Crippen molar-refractivity contribution in [3.05, 3.63) is 35.6 Å². The van der Waals surface area contributed by atoms with Gasteiger partial charge in [0.15, 0.2) is 0 Å². The molecule has 1 atom stereocenters. The van der Waals surface area contributed by atoms with Crippen molar-refractivity contribution in [2.24, 2.45) is 5.92 Å². The predicted molar refractivity (Wildman–Crippen MR) is 60.3 cm³/mol. The molecule has 0 spiro atoms. The van der Waals surface area contributed by atoms with Crippen LogP contribution in [0.3, 0.4) is 0 Å². The van der Waals surface area contributed by atoms with Crippen LogP contribution in [-0.4, -0.2) is 13.1 Å². The first-order valence-corrected chi connectivity index (χ1v) is 5.80. The first kappa shape index (κ1) is 10.6. The van der Waals surface area contributed by atoms with E-state index in [0.717, 1.165) is 25.1 Å². The topological polar surface area (TPSA) is 12.0 Å². The SMILES string of the molecule is Fc1ccccc1C[C@@H]1CCCCNC1. The zero-order valence-electron chi connectivity index (χ0n) is 9.01. The summed E-state index contributed by atoms with van der Waals surface area (Å²) in [5, 5.41) is 3.41. The van der Waals surface area contributed by atoms with Gasteiger partial charge >= 0.3 is 0 Å². The van der Waals surface area contributed by atoms with E-state index in [0.29, 0.717) is 5.92 Å². The number of benzene rings is 1. The van der Waals surface area contributed by atoms with Crippen LogP contribution in [0.25, 0.3) is 0 Å². The second kappa shape index (κ2) is 5.26. The largest absolute Gasteiger partial charge is 0.316 e. The van der Waals surface area contributed by atoms with Gasteiger partial charge in [0.25, 0.3) is 0 Å². The molecule has 0 aromatic heterocycles. The summed E-state index contributed by atoms with van der Waals surface area (Å²) in [4.78, 5) is 0. The molecule has 1 heterocycles. The van der Waals surface area contributed by atoms with Gasteiger partial charge in [-0.25, -0.2) is 4.39 Å². The third-order valence-corrected chi connectivity index (χ3v) is 3.12. The van der Waals surface area contributed by atoms with Crippen molar-refractivity contribution in [3.63, 3.8) is 0 Å². The minimum Gasteiger partial charge on any atom is -0.316 e. The van der Waals surface area contributed by atoms with E-state index >= 15 is 0 Å². The molecule has 1 aromatic carbocycles. The summed E-state index contributed by atoms with van der Waals surface area (Å²) in [6, 6.07) is 7.13. The first-order chi connectivity index (χ1) is 7.36. The van der Waals surface area contributed by atoms with Crippen LogP contribution >= 0.6 is 0 Å². The molecule has 1 fully saturated rings. The summed E-state index contributed by atoms with van der Waals surface area (Å²) in [6.45, 7) is 2.15. The minimum atomic E-state index is -0.0539. The summed E-state index contributed by atoms with van der Waals surface area (Å²) in [6.07, 6.45) is 4.63. The van der Waals surface area contributed by atoms with Crippen molar-refractivity contribution in [2.75, 3.05) is 13.1 Å². The zero-order valence-corrected chi connectivity index (χ0v) is 9.01. The fraction of sp³-hybridized carbons (Fsp3) is 0.538. The van der Waals surface area contributed by atoms with Gasteiger partial charge in [0.1, 0.15) is 5.82 Å². The Kier molecular flexibility index (Phi) is 3.73. The first-order valence-electron chi connectivity index (χ1n) is 5.80. The molecular formula is C13H18FN. The van der Waals surface area contributed by atoms with Crippen LogP contribution in [0.5, 0.6) is 0 Å². The number of nitrogens with one attached hydrogen (secondary N) is 1. The molecule has 0 aliphatic carbocycles. The van der Waals surface area contributed by atoms with Crippen LogP contribution < -0.4 is 5.32 Å². The lowest BCUT2D eigenvalue weighted by molar-refractivity contribution is 0.466. The maximum absolute atomic E-state index is 13.4. The van der Waals surface area contributed by atoms with E-state index in [1.807, 2.05) is 12.1 Å².